The number of aromatic nitrogens is 1. The number of carbonyl (C=O) groups excluding carboxylic acids is 3. The molecule has 2 rings (SSSR count). The van der Waals surface area contributed by atoms with Crippen molar-refractivity contribution >= 4 is 17.6 Å². The molecule has 1 fully saturated rings. The summed E-state index contributed by atoms with van der Waals surface area (Å²) < 4.78 is 4.89. The number of ketones is 1. The molecule has 1 aliphatic rings. The maximum Gasteiger partial charge on any atom is 0.290 e. The van der Waals surface area contributed by atoms with Crippen molar-refractivity contribution in [3.8, 4) is 0 Å². The number of hydrogen-bond acceptors (Lipinski definition) is 5. The molecule has 7 nitrogen and oxygen atoms in total. The molecule has 0 aliphatic heterocycles. The van der Waals surface area contributed by atoms with Gasteiger partial charge < -0.3 is 15.2 Å². The quantitative estimate of drug-likeness (QED) is 0.689. The van der Waals surface area contributed by atoms with E-state index in [4.69, 9.17) is 4.52 Å². The molecule has 0 radical (unpaired) electrons. The fraction of sp³-hybridized carbons (Fsp3) is 0.700. The Hall–Kier alpha value is -2.18. The smallest absolute Gasteiger partial charge is 0.290 e. The van der Waals surface area contributed by atoms with E-state index < -0.39 is 18.0 Å². The van der Waals surface area contributed by atoms with Crippen molar-refractivity contribution < 1.29 is 18.9 Å². The van der Waals surface area contributed by atoms with Gasteiger partial charge in [0.05, 0.1) is 12.2 Å². The van der Waals surface area contributed by atoms with Gasteiger partial charge in [-0.3, -0.25) is 14.4 Å². The molecule has 0 spiro atoms. The van der Waals surface area contributed by atoms with Crippen LogP contribution in [-0.4, -0.2) is 34.8 Å². The van der Waals surface area contributed by atoms with Gasteiger partial charge in [-0.15, -0.1) is 0 Å². The summed E-state index contributed by atoms with van der Waals surface area (Å²) in [6.07, 6.45) is 8.38. The van der Waals surface area contributed by atoms with Gasteiger partial charge in [-0.2, -0.15) is 0 Å². The highest BCUT2D eigenvalue weighted by Gasteiger charge is 2.30. The zero-order valence-corrected chi connectivity index (χ0v) is 16.5. The summed E-state index contributed by atoms with van der Waals surface area (Å²) in [5, 5.41) is 9.17. The van der Waals surface area contributed by atoms with Crippen molar-refractivity contribution in [3.63, 3.8) is 0 Å². The highest BCUT2D eigenvalue weighted by molar-refractivity contribution is 5.96. The molecule has 1 saturated carbocycles. The molecule has 3 unspecified atom stereocenters. The van der Waals surface area contributed by atoms with E-state index >= 15 is 0 Å². The lowest BCUT2D eigenvalue weighted by Gasteiger charge is -2.29. The average molecular weight is 377 g/mol. The molecule has 150 valence electrons. The molecule has 27 heavy (non-hydrogen) atoms. The first kappa shape index (κ1) is 21.1. The minimum absolute atomic E-state index is 0.0340. The van der Waals surface area contributed by atoms with Crippen LogP contribution in [0, 0.1) is 11.8 Å². The number of nitrogens with one attached hydrogen (secondary N) is 2. The van der Waals surface area contributed by atoms with Gasteiger partial charge in [0.1, 0.15) is 6.04 Å². The van der Waals surface area contributed by atoms with Crippen LogP contribution in [0.4, 0.5) is 0 Å². The summed E-state index contributed by atoms with van der Waals surface area (Å²) in [4.78, 5) is 37.3. The number of nitrogens with zero attached hydrogens (tertiary/aromatic N) is 1. The van der Waals surface area contributed by atoms with Crippen LogP contribution in [0.5, 0.6) is 0 Å². The molecule has 0 saturated heterocycles. The average Bonchev–Trinajstić information content (AvgIpc) is 3.20. The van der Waals surface area contributed by atoms with E-state index in [0.717, 1.165) is 32.1 Å². The predicted molar refractivity (Wildman–Crippen MR) is 101 cm³/mol. The van der Waals surface area contributed by atoms with E-state index in [1.807, 2.05) is 13.8 Å². The summed E-state index contributed by atoms with van der Waals surface area (Å²) in [7, 11) is 0. The van der Waals surface area contributed by atoms with Crippen LogP contribution in [0.3, 0.4) is 0 Å². The Bertz CT molecular complexity index is 623. The first-order valence-corrected chi connectivity index (χ1v) is 9.94. The molecule has 2 amide bonds. The first-order valence-electron chi connectivity index (χ1n) is 9.94. The van der Waals surface area contributed by atoms with Crippen molar-refractivity contribution in [2.45, 2.75) is 77.8 Å². The number of hydrogen-bond donors (Lipinski definition) is 2. The van der Waals surface area contributed by atoms with Gasteiger partial charge >= 0.3 is 0 Å². The Morgan fingerprint density at radius 3 is 2.48 bits per heavy atom. The van der Waals surface area contributed by atoms with E-state index in [9.17, 15) is 14.4 Å². The number of carbonyl (C=O) groups is 3. The molecule has 1 aliphatic carbocycles. The Balaban J connectivity index is 2.09. The Morgan fingerprint density at radius 1 is 1.22 bits per heavy atom. The predicted octanol–water partition coefficient (Wildman–Crippen LogP) is 2.86. The van der Waals surface area contributed by atoms with Crippen molar-refractivity contribution in [2.75, 3.05) is 0 Å². The van der Waals surface area contributed by atoms with E-state index in [1.54, 1.807) is 0 Å². The second kappa shape index (κ2) is 10.2. The number of amides is 2. The first-order chi connectivity index (χ1) is 12.9. The van der Waals surface area contributed by atoms with E-state index in [1.165, 1.54) is 25.6 Å². The van der Waals surface area contributed by atoms with E-state index in [-0.39, 0.29) is 23.4 Å². The summed E-state index contributed by atoms with van der Waals surface area (Å²) in [5.74, 6) is -0.354. The van der Waals surface area contributed by atoms with Crippen molar-refractivity contribution in [3.05, 3.63) is 18.0 Å². The fourth-order valence-corrected chi connectivity index (χ4v) is 3.68. The van der Waals surface area contributed by atoms with Gasteiger partial charge in [0.25, 0.3) is 5.91 Å². The molecule has 7 heteroatoms. The summed E-state index contributed by atoms with van der Waals surface area (Å²) in [6.45, 7) is 5.41. The normalized spacial score (nSPS) is 18.3. The summed E-state index contributed by atoms with van der Waals surface area (Å²) in [5.41, 5.74) is 0. The zero-order valence-electron chi connectivity index (χ0n) is 16.5. The second-order valence-electron chi connectivity index (χ2n) is 7.62. The fourth-order valence-electron chi connectivity index (χ4n) is 3.68. The third-order valence-electron chi connectivity index (χ3n) is 5.53. The SMILES string of the molecule is CCC(C)C(NC(=O)C(CC1CCCCC1)NC(=O)c1ccno1)C(C)=O. The van der Waals surface area contributed by atoms with Crippen LogP contribution >= 0.6 is 0 Å². The van der Waals surface area contributed by atoms with Crippen LogP contribution in [0.15, 0.2) is 16.8 Å². The third-order valence-corrected chi connectivity index (χ3v) is 5.53. The van der Waals surface area contributed by atoms with Gasteiger partial charge in [0.15, 0.2) is 5.78 Å². The van der Waals surface area contributed by atoms with Crippen molar-refractivity contribution in [2.24, 2.45) is 11.8 Å². The molecule has 0 bridgehead atoms. The Morgan fingerprint density at radius 2 is 1.93 bits per heavy atom. The standard InChI is InChI=1S/C20H31N3O4/c1-4-13(2)18(14(3)24)23-19(25)16(12-15-8-6-5-7-9-15)22-20(26)17-10-11-21-27-17/h10-11,13,15-16,18H,4-9,12H2,1-3H3,(H,22,26)(H,23,25). The number of rotatable bonds is 9. The largest absolute Gasteiger partial charge is 0.351 e. The maximum atomic E-state index is 12.9. The van der Waals surface area contributed by atoms with Crippen LogP contribution < -0.4 is 10.6 Å². The van der Waals surface area contributed by atoms with Crippen LogP contribution in [-0.2, 0) is 9.59 Å². The summed E-state index contributed by atoms with van der Waals surface area (Å²) in [6, 6.07) is 0.220. The minimum atomic E-state index is -0.698. The van der Waals surface area contributed by atoms with E-state index in [2.05, 4.69) is 15.8 Å². The lowest BCUT2D eigenvalue weighted by Crippen LogP contribution is -2.53. The van der Waals surface area contributed by atoms with Crippen LogP contribution in [0.25, 0.3) is 0 Å². The monoisotopic (exact) mass is 377 g/mol. The molecular weight excluding hydrogens is 346 g/mol. The van der Waals surface area contributed by atoms with Gasteiger partial charge in [-0.1, -0.05) is 57.5 Å². The van der Waals surface area contributed by atoms with Gasteiger partial charge in [-0.25, -0.2) is 0 Å². The van der Waals surface area contributed by atoms with Gasteiger partial charge in [0.2, 0.25) is 11.7 Å². The molecule has 0 aromatic carbocycles. The molecule has 2 N–H and O–H groups in total. The topological polar surface area (TPSA) is 101 Å². The van der Waals surface area contributed by atoms with Crippen molar-refractivity contribution in [1.29, 1.82) is 0 Å². The Labute approximate surface area is 160 Å². The lowest BCUT2D eigenvalue weighted by molar-refractivity contribution is -0.129. The zero-order chi connectivity index (χ0) is 19.8. The molecule has 1 aromatic rings. The van der Waals surface area contributed by atoms with Crippen molar-refractivity contribution in [1.82, 2.24) is 15.8 Å². The lowest BCUT2D eigenvalue weighted by atomic mass is 9.84. The highest BCUT2D eigenvalue weighted by atomic mass is 16.5. The molecule has 1 aromatic heterocycles. The van der Waals surface area contributed by atoms with Gasteiger partial charge in [0, 0.05) is 6.07 Å². The van der Waals surface area contributed by atoms with Crippen LogP contribution in [0.2, 0.25) is 0 Å². The summed E-state index contributed by atoms with van der Waals surface area (Å²) >= 11 is 0. The molecule has 1 heterocycles. The number of Topliss-reactive ketones (excluding diaryl/α,β-unsaturated/α-hetero) is 1. The third kappa shape index (κ3) is 6.19. The van der Waals surface area contributed by atoms with E-state index in [0.29, 0.717) is 12.3 Å². The molecule has 3 atom stereocenters. The minimum Gasteiger partial charge on any atom is -0.351 e. The van der Waals surface area contributed by atoms with Crippen LogP contribution in [0.1, 0.15) is 76.3 Å². The van der Waals surface area contributed by atoms with Gasteiger partial charge in [-0.05, 0) is 25.2 Å². The maximum absolute atomic E-state index is 12.9. The second-order valence-corrected chi connectivity index (χ2v) is 7.62. The Kier molecular flexibility index (Phi) is 8.00. The highest BCUT2D eigenvalue weighted by Crippen LogP contribution is 2.27. The molecular formula is C20H31N3O4.